The van der Waals surface area contributed by atoms with Crippen LogP contribution in [0.2, 0.25) is 0 Å². The topological polar surface area (TPSA) is 131 Å². The summed E-state index contributed by atoms with van der Waals surface area (Å²) in [7, 11) is 0. The Kier molecular flexibility index (Phi) is 9.14. The molecule has 0 aliphatic carbocycles. The molecule has 1 saturated heterocycles. The summed E-state index contributed by atoms with van der Waals surface area (Å²) in [6.07, 6.45) is -6.89. The van der Waals surface area contributed by atoms with Crippen LogP contribution in [0.15, 0.2) is 83.2 Å². The number of urea groups is 1. The van der Waals surface area contributed by atoms with Gasteiger partial charge in [-0.05, 0) is 55.0 Å². The third-order valence-electron chi connectivity index (χ3n) is 6.28. The Morgan fingerprint density at radius 3 is 2.34 bits per heavy atom. The molecule has 1 N–H and O–H groups in total. The van der Waals surface area contributed by atoms with Gasteiger partial charge in [0.2, 0.25) is 5.91 Å². The summed E-state index contributed by atoms with van der Waals surface area (Å²) in [5.41, 5.74) is 2.13. The Labute approximate surface area is 264 Å². The SMILES string of the molecule is CC(=O)c1ccc(C(F)(F)F)cc1N1C(=O)CS/C1=N\C(=O)N/N=C/c1ccc(-c2ncn(-c3ccc(OC(F)(F)F)cc3)n2)cc1. The van der Waals surface area contributed by atoms with E-state index in [2.05, 4.69) is 30.3 Å². The van der Waals surface area contributed by atoms with Gasteiger partial charge in [-0.3, -0.25) is 14.5 Å². The molecule has 1 aliphatic heterocycles. The number of Topliss-reactive ketones (excluding diaryl/α,β-unsaturated/α-hetero) is 1. The zero-order valence-corrected chi connectivity index (χ0v) is 24.5. The second-order valence-corrected chi connectivity index (χ2v) is 10.5. The summed E-state index contributed by atoms with van der Waals surface area (Å²) in [4.78, 5) is 45.9. The van der Waals surface area contributed by atoms with E-state index in [1.165, 1.54) is 29.4 Å². The van der Waals surface area contributed by atoms with E-state index < -0.39 is 35.8 Å². The van der Waals surface area contributed by atoms with Crippen molar-refractivity contribution in [2.45, 2.75) is 19.5 Å². The smallest absolute Gasteiger partial charge is 0.406 e. The van der Waals surface area contributed by atoms with E-state index in [4.69, 9.17) is 0 Å². The minimum Gasteiger partial charge on any atom is -0.406 e. The number of hydrazone groups is 1. The summed E-state index contributed by atoms with van der Waals surface area (Å²) >= 11 is 0.809. The van der Waals surface area contributed by atoms with E-state index in [1.54, 1.807) is 24.3 Å². The molecule has 1 fully saturated rings. The number of ether oxygens (including phenoxy) is 1. The summed E-state index contributed by atoms with van der Waals surface area (Å²) in [6, 6.07) is 12.9. The Morgan fingerprint density at radius 1 is 1.00 bits per heavy atom. The van der Waals surface area contributed by atoms with Crippen LogP contribution in [0.25, 0.3) is 17.1 Å². The Hall–Kier alpha value is -5.52. The number of amides is 3. The van der Waals surface area contributed by atoms with Gasteiger partial charge in [-0.25, -0.2) is 19.9 Å². The predicted octanol–water partition coefficient (Wildman–Crippen LogP) is 6.23. The van der Waals surface area contributed by atoms with Crippen LogP contribution in [0.1, 0.15) is 28.4 Å². The molecule has 18 heteroatoms. The fraction of sp³-hybridized carbons (Fsp3) is 0.138. The van der Waals surface area contributed by atoms with Crippen molar-refractivity contribution in [1.82, 2.24) is 20.2 Å². The van der Waals surface area contributed by atoms with Crippen LogP contribution < -0.4 is 15.1 Å². The Bertz CT molecular complexity index is 1890. The van der Waals surface area contributed by atoms with Gasteiger partial charge in [0.05, 0.1) is 28.9 Å². The Balaban J connectivity index is 1.24. The number of amidine groups is 1. The predicted molar refractivity (Wildman–Crippen MR) is 158 cm³/mol. The van der Waals surface area contributed by atoms with Gasteiger partial charge in [-0.2, -0.15) is 23.3 Å². The van der Waals surface area contributed by atoms with E-state index in [0.29, 0.717) is 28.7 Å². The molecule has 4 aromatic rings. The first kappa shape index (κ1) is 32.9. The summed E-state index contributed by atoms with van der Waals surface area (Å²) < 4.78 is 82.4. The third kappa shape index (κ3) is 8.01. The second-order valence-electron chi connectivity index (χ2n) is 9.55. The molecule has 0 bridgehead atoms. The molecule has 1 aliphatic rings. The second kappa shape index (κ2) is 13.1. The van der Waals surface area contributed by atoms with Crippen molar-refractivity contribution in [3.8, 4) is 22.8 Å². The number of hydrogen-bond acceptors (Lipinski definition) is 8. The highest BCUT2D eigenvalue weighted by Crippen LogP contribution is 2.36. The van der Waals surface area contributed by atoms with Crippen molar-refractivity contribution in [2.24, 2.45) is 10.1 Å². The van der Waals surface area contributed by atoms with Crippen LogP contribution in [-0.4, -0.2) is 56.0 Å². The first-order valence-corrected chi connectivity index (χ1v) is 14.1. The van der Waals surface area contributed by atoms with Crippen molar-refractivity contribution in [3.05, 3.63) is 89.7 Å². The molecule has 1 aromatic heterocycles. The lowest BCUT2D eigenvalue weighted by Crippen LogP contribution is -2.32. The van der Waals surface area contributed by atoms with Crippen LogP contribution in [0.3, 0.4) is 0 Å². The van der Waals surface area contributed by atoms with Crippen molar-refractivity contribution >= 4 is 46.6 Å². The Morgan fingerprint density at radius 2 is 1.70 bits per heavy atom. The molecule has 0 radical (unpaired) electrons. The third-order valence-corrected chi connectivity index (χ3v) is 7.20. The van der Waals surface area contributed by atoms with Crippen molar-refractivity contribution in [3.63, 3.8) is 0 Å². The standard InChI is InChI=1S/C29H19F6N7O4S/c1-16(43)22-11-6-19(28(30,31)32)12-23(22)42-24(44)14-47-27(42)38-26(45)39-37-13-17-2-4-18(5-3-17)25-36-15-41(40-25)20-7-9-21(10-8-20)46-29(33,34)35/h2-13,15H,14H2,1H3,(H,39,45)/b37-13+,38-27-. The highest BCUT2D eigenvalue weighted by atomic mass is 32.2. The quantitative estimate of drug-likeness (QED) is 0.106. The molecule has 242 valence electrons. The molecule has 0 unspecified atom stereocenters. The van der Waals surface area contributed by atoms with Crippen LogP contribution in [0.4, 0.5) is 36.8 Å². The molecule has 11 nitrogen and oxygen atoms in total. The molecule has 0 saturated carbocycles. The molecule has 47 heavy (non-hydrogen) atoms. The van der Waals surface area contributed by atoms with Crippen molar-refractivity contribution < 1.29 is 45.5 Å². The highest BCUT2D eigenvalue weighted by Gasteiger charge is 2.36. The molecule has 2 heterocycles. The van der Waals surface area contributed by atoms with Crippen molar-refractivity contribution in [1.29, 1.82) is 0 Å². The van der Waals surface area contributed by atoms with Gasteiger partial charge in [0.15, 0.2) is 16.8 Å². The minimum atomic E-state index is -4.81. The zero-order valence-electron chi connectivity index (χ0n) is 23.7. The number of ketones is 1. The van der Waals surface area contributed by atoms with Crippen LogP contribution in [0.5, 0.6) is 5.75 Å². The fourth-order valence-electron chi connectivity index (χ4n) is 4.18. The lowest BCUT2D eigenvalue weighted by atomic mass is 10.0. The normalized spacial score (nSPS) is 14.7. The number of aliphatic imine (C=N–C) groups is 1. The van der Waals surface area contributed by atoms with Gasteiger partial charge in [0.1, 0.15) is 12.1 Å². The first-order valence-electron chi connectivity index (χ1n) is 13.2. The van der Waals surface area contributed by atoms with E-state index in [1.807, 2.05) is 0 Å². The number of nitrogens with one attached hydrogen (secondary N) is 1. The number of aromatic nitrogens is 3. The van der Waals surface area contributed by atoms with Gasteiger partial charge >= 0.3 is 18.6 Å². The summed E-state index contributed by atoms with van der Waals surface area (Å²) in [5, 5.41) is 7.89. The van der Waals surface area contributed by atoms with E-state index in [0.717, 1.165) is 47.9 Å². The summed E-state index contributed by atoms with van der Waals surface area (Å²) in [6.45, 7) is 1.14. The van der Waals surface area contributed by atoms with Gasteiger partial charge in [-0.1, -0.05) is 36.0 Å². The zero-order chi connectivity index (χ0) is 33.9. The van der Waals surface area contributed by atoms with E-state index in [-0.39, 0.29) is 27.9 Å². The highest BCUT2D eigenvalue weighted by molar-refractivity contribution is 8.15. The number of anilines is 1. The average Bonchev–Trinajstić information content (AvgIpc) is 3.63. The number of benzene rings is 3. The molecule has 3 aromatic carbocycles. The molecule has 0 atom stereocenters. The molecular formula is C29H19F6N7O4S. The van der Waals surface area contributed by atoms with E-state index >= 15 is 0 Å². The van der Waals surface area contributed by atoms with Gasteiger partial charge in [0, 0.05) is 11.1 Å². The van der Waals surface area contributed by atoms with Gasteiger partial charge < -0.3 is 4.74 Å². The largest absolute Gasteiger partial charge is 0.573 e. The number of carbonyl (C=O) groups excluding carboxylic acids is 3. The number of nitrogens with zero attached hydrogens (tertiary/aromatic N) is 6. The summed E-state index contributed by atoms with van der Waals surface area (Å²) in [5.74, 6) is -1.54. The molecule has 0 spiro atoms. The van der Waals surface area contributed by atoms with Gasteiger partial charge in [-0.15, -0.1) is 18.3 Å². The number of alkyl halides is 6. The van der Waals surface area contributed by atoms with Crippen LogP contribution in [-0.2, 0) is 11.0 Å². The number of rotatable bonds is 7. The lowest BCUT2D eigenvalue weighted by molar-refractivity contribution is -0.274. The number of carbonyl (C=O) groups is 3. The first-order chi connectivity index (χ1) is 22.2. The number of thioether (sulfide) groups is 1. The maximum Gasteiger partial charge on any atom is 0.573 e. The number of hydrogen-bond donors (Lipinski definition) is 1. The van der Waals surface area contributed by atoms with Crippen LogP contribution >= 0.6 is 11.8 Å². The monoisotopic (exact) mass is 675 g/mol. The molecular weight excluding hydrogens is 656 g/mol. The minimum absolute atomic E-state index is 0.154. The molecule has 5 rings (SSSR count). The molecule has 3 amide bonds. The lowest BCUT2D eigenvalue weighted by Gasteiger charge is -2.20. The van der Waals surface area contributed by atoms with Crippen molar-refractivity contribution in [2.75, 3.05) is 10.7 Å². The van der Waals surface area contributed by atoms with E-state index in [9.17, 15) is 40.7 Å². The number of halogens is 6. The maximum absolute atomic E-state index is 13.4. The average molecular weight is 676 g/mol. The van der Waals surface area contributed by atoms with Crippen LogP contribution in [0, 0.1) is 0 Å². The van der Waals surface area contributed by atoms with Gasteiger partial charge in [0.25, 0.3) is 0 Å². The maximum atomic E-state index is 13.4. The fourth-order valence-corrected chi connectivity index (χ4v) is 5.04.